The highest BCUT2D eigenvalue weighted by Crippen LogP contribution is 2.25. The summed E-state index contributed by atoms with van der Waals surface area (Å²) in [5.74, 6) is 1.38. The van der Waals surface area contributed by atoms with Crippen molar-refractivity contribution in [2.24, 2.45) is 0 Å². The topological polar surface area (TPSA) is 54.5 Å². The van der Waals surface area contributed by atoms with Crippen molar-refractivity contribution in [2.45, 2.75) is 6.54 Å². The van der Waals surface area contributed by atoms with Gasteiger partial charge in [0.05, 0.1) is 12.5 Å². The summed E-state index contributed by atoms with van der Waals surface area (Å²) in [5, 5.41) is 12.4. The van der Waals surface area contributed by atoms with E-state index in [-0.39, 0.29) is 11.5 Å². The zero-order valence-corrected chi connectivity index (χ0v) is 13.3. The molecule has 0 bridgehead atoms. The van der Waals surface area contributed by atoms with Gasteiger partial charge in [0, 0.05) is 6.07 Å². The van der Waals surface area contributed by atoms with Crippen molar-refractivity contribution in [3.63, 3.8) is 0 Å². The highest BCUT2D eigenvalue weighted by Gasteiger charge is 2.30. The molecule has 0 aliphatic carbocycles. The van der Waals surface area contributed by atoms with E-state index in [9.17, 15) is 9.90 Å². The molecule has 1 aliphatic heterocycles. The summed E-state index contributed by atoms with van der Waals surface area (Å²) in [6.45, 7) is 1.08. The van der Waals surface area contributed by atoms with Crippen molar-refractivity contribution in [3.8, 4) is 5.75 Å². The lowest BCUT2D eigenvalue weighted by molar-refractivity contribution is -0.438. The van der Waals surface area contributed by atoms with Crippen molar-refractivity contribution in [1.82, 2.24) is 4.57 Å². The number of hydrogen-bond donors (Lipinski definition) is 1. The zero-order chi connectivity index (χ0) is 16.7. The maximum Gasteiger partial charge on any atom is 0.341 e. The first-order chi connectivity index (χ1) is 11.7. The van der Waals surface area contributed by atoms with E-state index in [0.717, 1.165) is 5.39 Å². The van der Waals surface area contributed by atoms with Crippen LogP contribution >= 0.6 is 0 Å². The van der Waals surface area contributed by atoms with Crippen molar-refractivity contribution >= 4 is 22.5 Å². The highest BCUT2D eigenvalue weighted by atomic mass is 16.5. The first kappa shape index (κ1) is 14.5. The van der Waals surface area contributed by atoms with Gasteiger partial charge in [-0.1, -0.05) is 30.3 Å². The third-order valence-corrected chi connectivity index (χ3v) is 4.42. The fourth-order valence-corrected chi connectivity index (χ4v) is 3.23. The molecule has 5 heteroatoms. The first-order valence-corrected chi connectivity index (χ1v) is 7.80. The van der Waals surface area contributed by atoms with Gasteiger partial charge in [0.2, 0.25) is 0 Å². The van der Waals surface area contributed by atoms with Crippen LogP contribution in [0.15, 0.2) is 59.4 Å². The lowest BCUT2D eigenvalue weighted by atomic mass is 10.1. The molecule has 0 amide bonds. The second-order valence-electron chi connectivity index (χ2n) is 5.72. The average molecular weight is 321 g/mol. The first-order valence-electron chi connectivity index (χ1n) is 7.80. The van der Waals surface area contributed by atoms with E-state index >= 15 is 0 Å². The minimum Gasteiger partial charge on any atom is -0.496 e. The fraction of sp³-hybridized carbons (Fsp3) is 0.158. The number of rotatable bonds is 2. The molecular weight excluding hydrogens is 304 g/mol. The number of fused-ring (bicyclic) bond motifs is 2. The number of hydrogen-bond acceptors (Lipinski definition) is 2. The Hall–Kier alpha value is -3.08. The van der Waals surface area contributed by atoms with E-state index in [4.69, 9.17) is 4.74 Å². The Morgan fingerprint density at radius 2 is 1.92 bits per heavy atom. The second kappa shape index (κ2) is 5.53. The number of methoxy groups -OCH3 is 1. The second-order valence-corrected chi connectivity index (χ2v) is 5.72. The van der Waals surface area contributed by atoms with Crippen molar-refractivity contribution < 1.29 is 14.4 Å². The molecule has 0 fully saturated rings. The van der Waals surface area contributed by atoms with Crippen LogP contribution in [-0.2, 0) is 6.54 Å². The Morgan fingerprint density at radius 1 is 1.17 bits per heavy atom. The Balaban J connectivity index is 1.97. The summed E-state index contributed by atoms with van der Waals surface area (Å²) in [6, 6.07) is 16.7. The molecule has 4 rings (SSSR count). The summed E-state index contributed by atoms with van der Waals surface area (Å²) >= 11 is 0. The minimum absolute atomic E-state index is 0.0292. The third kappa shape index (κ3) is 2.09. The van der Waals surface area contributed by atoms with Crippen LogP contribution in [-0.4, -0.2) is 33.8 Å². The molecule has 2 heterocycles. The van der Waals surface area contributed by atoms with Crippen LogP contribution in [0.1, 0.15) is 5.56 Å². The van der Waals surface area contributed by atoms with Crippen LogP contribution in [0.5, 0.6) is 5.75 Å². The summed E-state index contributed by atoms with van der Waals surface area (Å²) in [7, 11) is 1.57. The molecule has 24 heavy (non-hydrogen) atoms. The van der Waals surface area contributed by atoms with Gasteiger partial charge in [-0.25, -0.2) is 4.79 Å². The SMILES string of the molecule is COc1ccccc1C(O)=[N+]1CCn2c1cc1ccccc1c2=O. The number of para-hydroxylation sites is 1. The molecule has 2 aromatic carbocycles. The molecule has 0 spiro atoms. The van der Waals surface area contributed by atoms with Crippen LogP contribution in [0.2, 0.25) is 0 Å². The van der Waals surface area contributed by atoms with E-state index in [2.05, 4.69) is 0 Å². The van der Waals surface area contributed by atoms with E-state index in [0.29, 0.717) is 35.6 Å². The van der Waals surface area contributed by atoms with Crippen molar-refractivity contribution in [1.29, 1.82) is 0 Å². The summed E-state index contributed by atoms with van der Waals surface area (Å²) in [5.41, 5.74) is 0.576. The molecule has 0 atom stereocenters. The molecular formula is C19H17N2O3+. The smallest absolute Gasteiger partial charge is 0.341 e. The average Bonchev–Trinajstić information content (AvgIpc) is 3.05. The van der Waals surface area contributed by atoms with Gasteiger partial charge < -0.3 is 9.84 Å². The predicted molar refractivity (Wildman–Crippen MR) is 92.7 cm³/mol. The normalized spacial score (nSPS) is 15.4. The van der Waals surface area contributed by atoms with E-state index in [1.165, 1.54) is 0 Å². The van der Waals surface area contributed by atoms with E-state index < -0.39 is 0 Å². The van der Waals surface area contributed by atoms with E-state index in [1.54, 1.807) is 28.4 Å². The number of nitrogens with zero attached hydrogens (tertiary/aromatic N) is 2. The molecule has 1 aromatic heterocycles. The monoisotopic (exact) mass is 321 g/mol. The Kier molecular flexibility index (Phi) is 3.34. The number of benzene rings is 2. The Bertz CT molecular complexity index is 1030. The fourth-order valence-electron chi connectivity index (χ4n) is 3.23. The lowest BCUT2D eigenvalue weighted by Gasteiger charge is -2.07. The van der Waals surface area contributed by atoms with Crippen LogP contribution in [0.4, 0.5) is 5.82 Å². The Labute approximate surface area is 138 Å². The molecule has 3 aromatic rings. The van der Waals surface area contributed by atoms with Gasteiger partial charge in [-0.05, 0) is 23.6 Å². The van der Waals surface area contributed by atoms with Gasteiger partial charge in [0.15, 0.2) is 0 Å². The molecule has 0 saturated carbocycles. The summed E-state index contributed by atoms with van der Waals surface area (Å²) in [4.78, 5) is 12.7. The predicted octanol–water partition coefficient (Wildman–Crippen LogP) is 2.67. The van der Waals surface area contributed by atoms with Crippen LogP contribution in [0, 0.1) is 0 Å². The molecule has 0 saturated heterocycles. The highest BCUT2D eigenvalue weighted by molar-refractivity contribution is 5.92. The van der Waals surface area contributed by atoms with Crippen LogP contribution in [0.25, 0.3) is 10.8 Å². The summed E-state index contributed by atoms with van der Waals surface area (Å²) < 4.78 is 8.79. The summed E-state index contributed by atoms with van der Waals surface area (Å²) in [6.07, 6.45) is 0. The van der Waals surface area contributed by atoms with Crippen molar-refractivity contribution in [2.75, 3.05) is 13.7 Å². The Morgan fingerprint density at radius 3 is 2.75 bits per heavy atom. The number of ether oxygens (including phenoxy) is 1. The van der Waals surface area contributed by atoms with Crippen molar-refractivity contribution in [3.05, 3.63) is 70.5 Å². The maximum atomic E-state index is 12.7. The van der Waals surface area contributed by atoms with Gasteiger partial charge in [-0.2, -0.15) is 9.14 Å². The largest absolute Gasteiger partial charge is 0.496 e. The molecule has 0 unspecified atom stereocenters. The van der Waals surface area contributed by atoms with Gasteiger partial charge in [-0.15, -0.1) is 0 Å². The van der Waals surface area contributed by atoms with Crippen LogP contribution in [0.3, 0.4) is 0 Å². The standard InChI is InChI=1S/C19H16N2O3/c1-24-16-9-5-4-8-15(16)19(23)21-11-10-20-17(21)12-13-6-2-3-7-14(13)18(20)22/h2-9,12H,10-11H2,1H3/p+1. The molecule has 120 valence electrons. The third-order valence-electron chi connectivity index (χ3n) is 4.42. The van der Waals surface area contributed by atoms with Gasteiger partial charge >= 0.3 is 5.56 Å². The quantitative estimate of drug-likeness (QED) is 0.583. The molecule has 1 aliphatic rings. The number of aliphatic hydroxyl groups excluding tert-OH is 1. The molecule has 1 N–H and O–H groups in total. The van der Waals surface area contributed by atoms with Crippen LogP contribution < -0.4 is 10.3 Å². The number of aliphatic hydroxyl groups is 1. The number of pyridine rings is 1. The molecule has 5 nitrogen and oxygen atoms in total. The zero-order valence-electron chi connectivity index (χ0n) is 13.3. The number of aromatic nitrogens is 1. The van der Waals surface area contributed by atoms with Gasteiger partial charge in [0.25, 0.3) is 11.7 Å². The minimum atomic E-state index is -0.0292. The lowest BCUT2D eigenvalue weighted by Crippen LogP contribution is -2.19. The van der Waals surface area contributed by atoms with Gasteiger partial charge in [-0.3, -0.25) is 0 Å². The van der Waals surface area contributed by atoms with E-state index in [1.807, 2.05) is 42.5 Å². The molecule has 0 radical (unpaired) electrons. The van der Waals surface area contributed by atoms with Gasteiger partial charge in [0.1, 0.15) is 24.4 Å². The maximum absolute atomic E-state index is 12.7.